The van der Waals surface area contributed by atoms with Gasteiger partial charge in [0.25, 0.3) is 5.91 Å². The molecule has 0 unspecified atom stereocenters. The Hall–Kier alpha value is -2.98. The Labute approximate surface area is 168 Å². The molecule has 1 heterocycles. The van der Waals surface area contributed by atoms with Gasteiger partial charge in [0.15, 0.2) is 11.8 Å². The van der Waals surface area contributed by atoms with E-state index in [-0.39, 0.29) is 18.6 Å². The molecule has 1 atom stereocenters. The number of carbonyl (C=O) groups excluding carboxylic acids is 1. The Balaban J connectivity index is 1.73. The zero-order chi connectivity index (χ0) is 19.9. The fraction of sp³-hybridized carbons (Fsp3) is 0.286. The predicted molar refractivity (Wildman–Crippen MR) is 110 cm³/mol. The van der Waals surface area contributed by atoms with Crippen molar-refractivity contribution in [1.82, 2.24) is 4.90 Å². The van der Waals surface area contributed by atoms with E-state index >= 15 is 0 Å². The van der Waals surface area contributed by atoms with Gasteiger partial charge in [-0.3, -0.25) is 9.69 Å². The number of rotatable bonds is 6. The van der Waals surface area contributed by atoms with Crippen LogP contribution in [0.2, 0.25) is 0 Å². The van der Waals surface area contributed by atoms with Crippen LogP contribution < -0.4 is 9.47 Å². The number of aliphatic imine (C=N–C) groups is 1. The highest BCUT2D eigenvalue weighted by Crippen LogP contribution is 2.32. The topological polar surface area (TPSA) is 74.9 Å². The van der Waals surface area contributed by atoms with Crippen molar-refractivity contribution in [2.45, 2.75) is 19.9 Å². The maximum absolute atomic E-state index is 12.8. The second kappa shape index (κ2) is 9.29. The number of hydrogen-bond acceptors (Lipinski definition) is 6. The molecule has 2 aromatic rings. The largest absolute Gasteiger partial charge is 0.492 e. The fourth-order valence-corrected chi connectivity index (χ4v) is 3.86. The molecule has 3 rings (SSSR count). The van der Waals surface area contributed by atoms with E-state index in [0.717, 1.165) is 5.75 Å². The van der Waals surface area contributed by atoms with E-state index in [1.165, 1.54) is 0 Å². The Morgan fingerprint density at radius 1 is 1.25 bits per heavy atom. The summed E-state index contributed by atoms with van der Waals surface area (Å²) in [4.78, 5) is 19.1. The Bertz CT molecular complexity index is 906. The summed E-state index contributed by atoms with van der Waals surface area (Å²) in [5.74, 6) is 1.86. The number of carbonyl (C=O) groups is 1. The third-order valence-corrected chi connectivity index (χ3v) is 5.29. The molecule has 1 aliphatic rings. The maximum atomic E-state index is 12.8. The number of nitriles is 1. The van der Waals surface area contributed by atoms with Crippen LogP contribution in [0, 0.1) is 11.3 Å². The van der Waals surface area contributed by atoms with Crippen molar-refractivity contribution < 1.29 is 14.3 Å². The van der Waals surface area contributed by atoms with Crippen LogP contribution in [-0.4, -0.2) is 41.0 Å². The van der Waals surface area contributed by atoms with Crippen LogP contribution in [0.5, 0.6) is 11.5 Å². The van der Waals surface area contributed by atoms with E-state index in [9.17, 15) is 4.79 Å². The van der Waals surface area contributed by atoms with Gasteiger partial charge in [-0.25, -0.2) is 4.99 Å². The third-order valence-electron chi connectivity index (χ3n) is 4.10. The first-order valence-corrected chi connectivity index (χ1v) is 9.99. The lowest BCUT2D eigenvalue weighted by molar-refractivity contribution is -0.130. The molecular weight excluding hydrogens is 374 g/mol. The molecule has 0 bridgehead atoms. The van der Waals surface area contributed by atoms with E-state index in [4.69, 9.17) is 14.7 Å². The van der Waals surface area contributed by atoms with Crippen LogP contribution >= 0.6 is 11.8 Å². The summed E-state index contributed by atoms with van der Waals surface area (Å²) < 4.78 is 11.2. The number of amidine groups is 1. The molecule has 0 saturated carbocycles. The number of para-hydroxylation sites is 2. The Morgan fingerprint density at radius 2 is 2.00 bits per heavy atom. The van der Waals surface area contributed by atoms with Crippen molar-refractivity contribution in [3.63, 3.8) is 0 Å². The Morgan fingerprint density at radius 3 is 2.71 bits per heavy atom. The number of hydrogen-bond donors (Lipinski definition) is 0. The lowest BCUT2D eigenvalue weighted by atomic mass is 10.2. The Kier molecular flexibility index (Phi) is 6.56. The predicted octanol–water partition coefficient (Wildman–Crippen LogP) is 3.99. The van der Waals surface area contributed by atoms with Crippen molar-refractivity contribution in [3.8, 4) is 17.6 Å². The van der Waals surface area contributed by atoms with Gasteiger partial charge in [0.05, 0.1) is 18.2 Å². The number of ether oxygens (including phenoxy) is 2. The monoisotopic (exact) mass is 395 g/mol. The van der Waals surface area contributed by atoms with Crippen LogP contribution in [-0.2, 0) is 4.79 Å². The minimum absolute atomic E-state index is 0.0278. The van der Waals surface area contributed by atoms with Crippen LogP contribution in [0.25, 0.3) is 0 Å². The zero-order valence-electron chi connectivity index (χ0n) is 15.8. The highest BCUT2D eigenvalue weighted by atomic mass is 32.2. The highest BCUT2D eigenvalue weighted by Gasteiger charge is 2.32. The first-order chi connectivity index (χ1) is 13.6. The molecule has 0 spiro atoms. The molecule has 0 aromatic heterocycles. The molecule has 1 fully saturated rings. The van der Waals surface area contributed by atoms with E-state index in [1.54, 1.807) is 40.9 Å². The minimum Gasteiger partial charge on any atom is -0.492 e. The molecule has 28 heavy (non-hydrogen) atoms. The summed E-state index contributed by atoms with van der Waals surface area (Å²) in [5, 5.41) is 9.49. The van der Waals surface area contributed by atoms with Gasteiger partial charge in [0.1, 0.15) is 17.2 Å². The molecule has 0 N–H and O–H groups in total. The second-order valence-electron chi connectivity index (χ2n) is 6.14. The van der Waals surface area contributed by atoms with Gasteiger partial charge in [0.2, 0.25) is 0 Å². The number of amides is 1. The summed E-state index contributed by atoms with van der Waals surface area (Å²) in [5.41, 5.74) is 1.25. The number of benzene rings is 2. The summed E-state index contributed by atoms with van der Waals surface area (Å²) in [6, 6.07) is 16.3. The van der Waals surface area contributed by atoms with Crippen LogP contribution in [0.3, 0.4) is 0 Å². The molecule has 1 amide bonds. The standard InChI is InChI=1S/C21H21N3O3S/c1-3-26-19-7-5-4-6-18(19)23-21-24(15(2)14-28-21)20(25)13-27-17-10-8-16(12-22)9-11-17/h4-11,15H,3,13-14H2,1-2H3/t15-/m0/s1. The summed E-state index contributed by atoms with van der Waals surface area (Å²) >= 11 is 1.54. The van der Waals surface area contributed by atoms with Gasteiger partial charge in [0, 0.05) is 11.8 Å². The van der Waals surface area contributed by atoms with E-state index in [1.807, 2.05) is 38.1 Å². The summed E-state index contributed by atoms with van der Waals surface area (Å²) in [7, 11) is 0. The van der Waals surface area contributed by atoms with Gasteiger partial charge >= 0.3 is 0 Å². The first-order valence-electron chi connectivity index (χ1n) is 9.00. The molecule has 2 aromatic carbocycles. The molecule has 1 saturated heterocycles. The van der Waals surface area contributed by atoms with Crippen molar-refractivity contribution in [2.24, 2.45) is 4.99 Å². The van der Waals surface area contributed by atoms with E-state index < -0.39 is 0 Å². The molecule has 1 aliphatic heterocycles. The van der Waals surface area contributed by atoms with E-state index in [0.29, 0.717) is 34.5 Å². The molecule has 0 aliphatic carbocycles. The third kappa shape index (κ3) is 4.65. The van der Waals surface area contributed by atoms with E-state index in [2.05, 4.69) is 11.1 Å². The lowest BCUT2D eigenvalue weighted by Crippen LogP contribution is -2.40. The minimum atomic E-state index is -0.158. The van der Waals surface area contributed by atoms with Crippen LogP contribution in [0.4, 0.5) is 5.69 Å². The maximum Gasteiger partial charge on any atom is 0.266 e. The fourth-order valence-electron chi connectivity index (χ4n) is 2.74. The smallest absolute Gasteiger partial charge is 0.266 e. The first kappa shape index (κ1) is 19.8. The quantitative estimate of drug-likeness (QED) is 0.739. The van der Waals surface area contributed by atoms with Crippen LogP contribution in [0.15, 0.2) is 53.5 Å². The average Bonchev–Trinajstić information content (AvgIpc) is 3.08. The van der Waals surface area contributed by atoms with Gasteiger partial charge < -0.3 is 9.47 Å². The van der Waals surface area contributed by atoms with Crippen molar-refractivity contribution in [1.29, 1.82) is 5.26 Å². The zero-order valence-corrected chi connectivity index (χ0v) is 16.6. The van der Waals surface area contributed by atoms with Crippen molar-refractivity contribution in [2.75, 3.05) is 19.0 Å². The van der Waals surface area contributed by atoms with Gasteiger partial charge in [-0.2, -0.15) is 5.26 Å². The second-order valence-corrected chi connectivity index (χ2v) is 7.13. The van der Waals surface area contributed by atoms with Crippen LogP contribution in [0.1, 0.15) is 19.4 Å². The average molecular weight is 395 g/mol. The summed E-state index contributed by atoms with van der Waals surface area (Å²) in [6.07, 6.45) is 0. The SMILES string of the molecule is CCOc1ccccc1N=C1SC[C@H](C)N1C(=O)COc1ccc(C#N)cc1. The molecule has 144 valence electrons. The summed E-state index contributed by atoms with van der Waals surface area (Å²) in [6.45, 7) is 4.37. The lowest BCUT2D eigenvalue weighted by Gasteiger charge is -2.21. The molecule has 0 radical (unpaired) electrons. The molecule has 6 nitrogen and oxygen atoms in total. The molecular formula is C21H21N3O3S. The number of thioether (sulfide) groups is 1. The van der Waals surface area contributed by atoms with Gasteiger partial charge in [-0.15, -0.1) is 0 Å². The van der Waals surface area contributed by atoms with Gasteiger partial charge in [-0.1, -0.05) is 23.9 Å². The number of nitrogens with zero attached hydrogens (tertiary/aromatic N) is 3. The van der Waals surface area contributed by atoms with Crippen molar-refractivity contribution >= 4 is 28.5 Å². The van der Waals surface area contributed by atoms with Gasteiger partial charge in [-0.05, 0) is 50.2 Å². The van der Waals surface area contributed by atoms with Crippen molar-refractivity contribution in [3.05, 3.63) is 54.1 Å². The molecule has 7 heteroatoms. The highest BCUT2D eigenvalue weighted by molar-refractivity contribution is 8.14. The normalized spacial score (nSPS) is 17.4.